The molecule has 5 rings (SSSR count). The van der Waals surface area contributed by atoms with Crippen LogP contribution in [0.4, 0.5) is 14.5 Å². The van der Waals surface area contributed by atoms with Gasteiger partial charge in [-0.1, -0.05) is 0 Å². The third-order valence-corrected chi connectivity index (χ3v) is 5.95. The lowest BCUT2D eigenvalue weighted by Crippen LogP contribution is -2.53. The minimum atomic E-state index is -0.820. The molecular formula is C23H23F2N5O2. The largest absolute Gasteiger partial charge is 0.382 e. The van der Waals surface area contributed by atoms with Gasteiger partial charge >= 0.3 is 0 Å². The Kier molecular flexibility index (Phi) is 5.75. The Morgan fingerprint density at radius 2 is 1.62 bits per heavy atom. The van der Waals surface area contributed by atoms with E-state index in [1.54, 1.807) is 44.0 Å². The Labute approximate surface area is 184 Å². The number of benzene rings is 1. The first-order valence-corrected chi connectivity index (χ1v) is 10.6. The number of ether oxygens (including phenoxy) is 2. The zero-order valence-electron chi connectivity index (χ0n) is 17.6. The number of methoxy groups -OCH3 is 1. The van der Waals surface area contributed by atoms with E-state index in [1.807, 2.05) is 4.90 Å². The first kappa shape index (κ1) is 20.8. The number of anilines is 1. The second-order valence-corrected chi connectivity index (χ2v) is 8.09. The van der Waals surface area contributed by atoms with E-state index < -0.39 is 11.6 Å². The maximum Gasteiger partial charge on any atom is 0.197 e. The van der Waals surface area contributed by atoms with Gasteiger partial charge in [0, 0.05) is 45.0 Å². The molecule has 0 bridgehead atoms. The van der Waals surface area contributed by atoms with Gasteiger partial charge in [-0.25, -0.2) is 28.7 Å². The highest BCUT2D eigenvalue weighted by Crippen LogP contribution is 2.55. The zero-order valence-corrected chi connectivity index (χ0v) is 17.6. The average Bonchev–Trinajstić information content (AvgIpc) is 3.59. The van der Waals surface area contributed by atoms with E-state index in [0.717, 1.165) is 17.5 Å². The Hall–Kier alpha value is -3.04. The number of rotatable bonds is 8. The topological polar surface area (TPSA) is 73.3 Å². The third-order valence-electron chi connectivity index (χ3n) is 5.95. The molecule has 2 aromatic heterocycles. The number of hydrogen-bond donors (Lipinski definition) is 0. The van der Waals surface area contributed by atoms with Crippen LogP contribution in [0.3, 0.4) is 0 Å². The minimum Gasteiger partial charge on any atom is -0.382 e. The Balaban J connectivity index is 1.26. The molecule has 1 saturated carbocycles. The summed E-state index contributed by atoms with van der Waals surface area (Å²) in [6.07, 6.45) is 7.67. The molecule has 166 valence electrons. The summed E-state index contributed by atoms with van der Waals surface area (Å²) in [5, 5.41) is 0. The van der Waals surface area contributed by atoms with Crippen molar-refractivity contribution in [2.75, 3.05) is 38.3 Å². The maximum absolute atomic E-state index is 14.5. The van der Waals surface area contributed by atoms with E-state index in [9.17, 15) is 8.78 Å². The molecule has 3 aromatic rings. The van der Waals surface area contributed by atoms with Gasteiger partial charge in [0.05, 0.1) is 25.0 Å². The summed E-state index contributed by atoms with van der Waals surface area (Å²) in [5.41, 5.74) is 2.06. The summed E-state index contributed by atoms with van der Waals surface area (Å²) in [4.78, 5) is 18.9. The van der Waals surface area contributed by atoms with Gasteiger partial charge in [0.1, 0.15) is 0 Å². The van der Waals surface area contributed by atoms with Gasteiger partial charge in [-0.05, 0) is 47.6 Å². The fourth-order valence-electron chi connectivity index (χ4n) is 4.07. The molecule has 2 aliphatic rings. The molecule has 7 nitrogen and oxygen atoms in total. The predicted octanol–water partition coefficient (Wildman–Crippen LogP) is 3.33. The first-order valence-electron chi connectivity index (χ1n) is 10.6. The first-order chi connectivity index (χ1) is 15.6. The van der Waals surface area contributed by atoms with Crippen molar-refractivity contribution in [2.24, 2.45) is 0 Å². The molecule has 3 heterocycles. The molecule has 9 heteroatoms. The summed E-state index contributed by atoms with van der Waals surface area (Å²) in [6, 6.07) is 4.81. The normalized spacial score (nSPS) is 20.3. The molecule has 0 radical (unpaired) electrons. The molecule has 32 heavy (non-hydrogen) atoms. The molecule has 1 aliphatic heterocycles. The van der Waals surface area contributed by atoms with E-state index in [1.165, 1.54) is 6.07 Å². The molecule has 2 fully saturated rings. The molecule has 1 saturated heterocycles. The highest BCUT2D eigenvalue weighted by molar-refractivity contribution is 5.55. The standard InChI is InChI=1S/C23H23F2N5O2/c1-31-5-6-32-16-12-30(13-16)20-8-14(7-19(24)21(20)25)17-9-18(17)15-10-28-23(29-11-15)22-26-3-2-4-27-22/h2-4,7-8,10-11,16-18H,5-6,9,12-13H2,1H3. The highest BCUT2D eigenvalue weighted by atomic mass is 19.2. The van der Waals surface area contributed by atoms with E-state index in [0.29, 0.717) is 43.6 Å². The zero-order chi connectivity index (χ0) is 22.1. The number of hydrogen-bond acceptors (Lipinski definition) is 7. The average molecular weight is 439 g/mol. The smallest absolute Gasteiger partial charge is 0.197 e. The summed E-state index contributed by atoms with van der Waals surface area (Å²) in [6.45, 7) is 2.08. The van der Waals surface area contributed by atoms with Gasteiger partial charge in [0.25, 0.3) is 0 Å². The van der Waals surface area contributed by atoms with Crippen LogP contribution in [0.2, 0.25) is 0 Å². The molecule has 1 aliphatic carbocycles. The van der Waals surface area contributed by atoms with Crippen LogP contribution in [-0.4, -0.2) is 59.5 Å². The summed E-state index contributed by atoms with van der Waals surface area (Å²) < 4.78 is 39.5. The van der Waals surface area contributed by atoms with Crippen LogP contribution < -0.4 is 4.90 Å². The van der Waals surface area contributed by atoms with Crippen molar-refractivity contribution in [3.8, 4) is 11.6 Å². The van der Waals surface area contributed by atoms with E-state index in [-0.39, 0.29) is 17.9 Å². The van der Waals surface area contributed by atoms with Gasteiger partial charge in [0.2, 0.25) is 0 Å². The summed E-state index contributed by atoms with van der Waals surface area (Å²) in [5.74, 6) is -0.407. The van der Waals surface area contributed by atoms with Crippen molar-refractivity contribution >= 4 is 5.69 Å². The van der Waals surface area contributed by atoms with Gasteiger partial charge in [-0.15, -0.1) is 0 Å². The number of aromatic nitrogens is 4. The Morgan fingerprint density at radius 3 is 2.34 bits per heavy atom. The predicted molar refractivity (Wildman–Crippen MR) is 113 cm³/mol. The van der Waals surface area contributed by atoms with Crippen LogP contribution in [0.5, 0.6) is 0 Å². The molecule has 1 aromatic carbocycles. The number of nitrogens with zero attached hydrogens (tertiary/aromatic N) is 5. The third kappa shape index (κ3) is 4.18. The van der Waals surface area contributed by atoms with Crippen LogP contribution in [0.25, 0.3) is 11.6 Å². The van der Waals surface area contributed by atoms with Crippen molar-refractivity contribution in [1.82, 2.24) is 19.9 Å². The number of halogens is 2. The van der Waals surface area contributed by atoms with E-state index in [2.05, 4.69) is 19.9 Å². The van der Waals surface area contributed by atoms with Crippen LogP contribution in [0.1, 0.15) is 29.4 Å². The Morgan fingerprint density at radius 1 is 0.938 bits per heavy atom. The second-order valence-electron chi connectivity index (χ2n) is 8.09. The Bertz CT molecular complexity index is 1080. The molecular weight excluding hydrogens is 416 g/mol. The van der Waals surface area contributed by atoms with Crippen molar-refractivity contribution in [1.29, 1.82) is 0 Å². The fourth-order valence-corrected chi connectivity index (χ4v) is 4.07. The van der Waals surface area contributed by atoms with Crippen LogP contribution in [0.15, 0.2) is 43.0 Å². The molecule has 2 unspecified atom stereocenters. The lowest BCUT2D eigenvalue weighted by Gasteiger charge is -2.41. The lowest BCUT2D eigenvalue weighted by molar-refractivity contribution is 0.00377. The molecule has 0 N–H and O–H groups in total. The fraction of sp³-hybridized carbons (Fsp3) is 0.391. The maximum atomic E-state index is 14.5. The van der Waals surface area contributed by atoms with Gasteiger partial charge in [-0.3, -0.25) is 0 Å². The molecule has 2 atom stereocenters. The van der Waals surface area contributed by atoms with Crippen LogP contribution >= 0.6 is 0 Å². The van der Waals surface area contributed by atoms with Crippen molar-refractivity contribution < 1.29 is 18.3 Å². The van der Waals surface area contributed by atoms with E-state index in [4.69, 9.17) is 9.47 Å². The van der Waals surface area contributed by atoms with Gasteiger partial charge < -0.3 is 14.4 Å². The minimum absolute atomic E-state index is 0.00852. The summed E-state index contributed by atoms with van der Waals surface area (Å²) >= 11 is 0. The lowest BCUT2D eigenvalue weighted by atomic mass is 10.0. The molecule has 0 spiro atoms. The van der Waals surface area contributed by atoms with Crippen LogP contribution in [0, 0.1) is 11.6 Å². The van der Waals surface area contributed by atoms with Crippen molar-refractivity contribution in [3.63, 3.8) is 0 Å². The SMILES string of the molecule is COCCOC1CN(c2cc(C3CC3c3cnc(-c4ncccn4)nc3)cc(F)c2F)C1. The van der Waals surface area contributed by atoms with Crippen molar-refractivity contribution in [2.45, 2.75) is 24.4 Å². The van der Waals surface area contributed by atoms with E-state index >= 15 is 0 Å². The quantitative estimate of drug-likeness (QED) is 0.499. The van der Waals surface area contributed by atoms with Gasteiger partial charge in [-0.2, -0.15) is 0 Å². The van der Waals surface area contributed by atoms with Crippen LogP contribution in [-0.2, 0) is 9.47 Å². The van der Waals surface area contributed by atoms with Gasteiger partial charge in [0.15, 0.2) is 23.3 Å². The monoisotopic (exact) mass is 439 g/mol. The highest BCUT2D eigenvalue weighted by Gasteiger charge is 2.41. The second kappa shape index (κ2) is 8.84. The van der Waals surface area contributed by atoms with Crippen molar-refractivity contribution in [3.05, 3.63) is 65.7 Å². The molecule has 0 amide bonds. The summed E-state index contributed by atoms with van der Waals surface area (Å²) in [7, 11) is 1.61.